The lowest BCUT2D eigenvalue weighted by molar-refractivity contribution is 1.31. The van der Waals surface area contributed by atoms with Crippen molar-refractivity contribution < 1.29 is 0 Å². The normalized spacial score (nSPS) is 12.6. The number of rotatable bonds is 8. The zero-order chi connectivity index (χ0) is 73.0. The maximum atomic E-state index is 5.96. The number of nitrogens with one attached hydrogen (secondary N) is 2. The van der Waals surface area contributed by atoms with Gasteiger partial charge >= 0.3 is 0 Å². The Hall–Kier alpha value is -14.8. The molecule has 0 fully saturated rings. The third kappa shape index (κ3) is 9.06. The number of hydrogen-bond donors (Lipinski definition) is 2. The van der Waals surface area contributed by atoms with Crippen LogP contribution in [0, 0.1) is 0 Å². The number of aromatic amines is 2. The summed E-state index contributed by atoms with van der Waals surface area (Å²) in [4.78, 5) is 20.3. The number of H-pyrrole nitrogens is 2. The second kappa shape index (κ2) is 23.3. The fourth-order valence-corrected chi connectivity index (χ4v) is 19.7. The zero-order valence-electron chi connectivity index (χ0n) is 60.5. The maximum absolute atomic E-state index is 5.96. The average Bonchev–Trinajstić information content (AvgIpc) is 1.67. The summed E-state index contributed by atoms with van der Waals surface area (Å²) in [6.45, 7) is 0. The van der Waals surface area contributed by atoms with Crippen molar-refractivity contribution in [3.63, 3.8) is 0 Å². The van der Waals surface area contributed by atoms with Crippen LogP contribution in [0.4, 0.5) is 0 Å². The predicted octanol–water partition coefficient (Wildman–Crippen LogP) is 29.6. The Labute approximate surface area is 642 Å². The Morgan fingerprint density at radius 2 is 0.348 bits per heavy atom. The van der Waals surface area contributed by atoms with Crippen molar-refractivity contribution in [3.05, 3.63) is 362 Å². The van der Waals surface area contributed by atoms with Gasteiger partial charge < -0.3 is 9.97 Å². The van der Waals surface area contributed by atoms with Crippen LogP contribution in [0.3, 0.4) is 0 Å². The van der Waals surface area contributed by atoms with Gasteiger partial charge in [-0.2, -0.15) is 0 Å². The van der Waals surface area contributed by atoms with E-state index in [4.69, 9.17) is 9.97 Å². The highest BCUT2D eigenvalue weighted by molar-refractivity contribution is 6.30. The quantitative estimate of drug-likeness (QED) is 0.149. The van der Waals surface area contributed by atoms with Crippen LogP contribution in [-0.2, 0) is 0 Å². The molecule has 112 heavy (non-hydrogen) atoms. The minimum absolute atomic E-state index is 0.845. The minimum atomic E-state index is 0.845. The van der Waals surface area contributed by atoms with E-state index in [9.17, 15) is 0 Å². The summed E-state index contributed by atoms with van der Waals surface area (Å²) in [6.07, 6.45) is 8.94. The molecule has 2 aliphatic rings. The van der Waals surface area contributed by atoms with Gasteiger partial charge in [-0.25, -0.2) is 9.97 Å². The monoisotopic (exact) mass is 1410 g/mol. The van der Waals surface area contributed by atoms with Crippen LogP contribution in [0.5, 0.6) is 0 Å². The average molecular weight is 1420 g/mol. The fraction of sp³-hybridized carbons (Fsp3) is 0. The lowest BCUT2D eigenvalue weighted by Gasteiger charge is -2.15. The summed E-state index contributed by atoms with van der Waals surface area (Å²) in [5, 5.41) is 30.2. The first-order chi connectivity index (χ1) is 55.5. The highest BCUT2D eigenvalue weighted by Gasteiger charge is 2.24. The van der Waals surface area contributed by atoms with Crippen molar-refractivity contribution in [2.45, 2.75) is 0 Å². The van der Waals surface area contributed by atoms with E-state index in [2.05, 4.69) is 374 Å². The van der Waals surface area contributed by atoms with Crippen molar-refractivity contribution in [3.8, 4) is 89.0 Å². The van der Waals surface area contributed by atoms with Gasteiger partial charge in [0.15, 0.2) is 0 Å². The van der Waals surface area contributed by atoms with Gasteiger partial charge in [-0.3, -0.25) is 0 Å². The Morgan fingerprint density at radius 1 is 0.161 bits per heavy atom. The smallest absolute Gasteiger partial charge is 0.0737 e. The predicted molar refractivity (Wildman–Crippen MR) is 477 cm³/mol. The molecule has 4 nitrogen and oxygen atoms in total. The molecule has 8 bridgehead atoms. The molecule has 514 valence electrons. The van der Waals surface area contributed by atoms with E-state index in [-0.39, 0.29) is 0 Å². The number of aromatic nitrogens is 4. The molecule has 0 atom stereocenters. The Balaban J connectivity index is 0.759. The van der Waals surface area contributed by atoms with E-state index < -0.39 is 0 Å². The number of benzene rings is 20. The molecule has 0 saturated carbocycles. The highest BCUT2D eigenvalue weighted by atomic mass is 14.8. The van der Waals surface area contributed by atoms with Gasteiger partial charge in [-0.1, -0.05) is 291 Å². The second-order valence-corrected chi connectivity index (χ2v) is 30.7. The molecule has 2 N–H and O–H groups in total. The topological polar surface area (TPSA) is 57.4 Å². The first-order valence-corrected chi connectivity index (χ1v) is 38.7. The third-order valence-corrected chi connectivity index (χ3v) is 24.7. The second-order valence-electron chi connectivity index (χ2n) is 30.7. The Kier molecular flexibility index (Phi) is 12.8. The molecule has 0 saturated heterocycles. The molecule has 0 radical (unpaired) electrons. The van der Waals surface area contributed by atoms with Gasteiger partial charge in [0.05, 0.1) is 22.8 Å². The summed E-state index contributed by atoms with van der Waals surface area (Å²) in [5.41, 5.74) is 24.4. The largest absolute Gasteiger partial charge is 0.354 e. The molecule has 0 unspecified atom stereocenters. The summed E-state index contributed by atoms with van der Waals surface area (Å²) in [5.74, 6) is 0. The number of nitrogens with zero attached hydrogens (tertiary/aromatic N) is 2. The van der Waals surface area contributed by atoms with Crippen LogP contribution < -0.4 is 0 Å². The molecule has 20 aromatic carbocycles. The molecule has 4 heteroatoms. The zero-order valence-corrected chi connectivity index (χ0v) is 60.5. The highest BCUT2D eigenvalue weighted by Crippen LogP contribution is 2.49. The van der Waals surface area contributed by atoms with Crippen molar-refractivity contribution >= 4 is 176 Å². The molecule has 23 aromatic rings. The summed E-state index contributed by atoms with van der Waals surface area (Å²) in [6, 6.07) is 127. The van der Waals surface area contributed by atoms with E-state index in [1.165, 1.54) is 152 Å². The molecule has 3 aromatic heterocycles. The molecular weight excluding hydrogens is 1350 g/mol. The first kappa shape index (κ1) is 61.2. The van der Waals surface area contributed by atoms with Gasteiger partial charge in [0.25, 0.3) is 0 Å². The van der Waals surface area contributed by atoms with Crippen molar-refractivity contribution in [2.24, 2.45) is 0 Å². The maximum Gasteiger partial charge on any atom is 0.0737 e. The molecule has 25 rings (SSSR count). The van der Waals surface area contributed by atoms with E-state index in [0.717, 1.165) is 112 Å². The van der Waals surface area contributed by atoms with Crippen molar-refractivity contribution in [1.82, 2.24) is 19.9 Å². The van der Waals surface area contributed by atoms with Crippen LogP contribution in [0.15, 0.2) is 340 Å². The van der Waals surface area contributed by atoms with E-state index in [1.54, 1.807) is 0 Å². The van der Waals surface area contributed by atoms with Gasteiger partial charge in [0, 0.05) is 44.3 Å². The lowest BCUT2D eigenvalue weighted by atomic mass is 9.89. The summed E-state index contributed by atoms with van der Waals surface area (Å²) >= 11 is 0. The van der Waals surface area contributed by atoms with E-state index >= 15 is 0 Å². The SMILES string of the molecule is C1=Cc2nc1c(-c1cccc(-c3ccc4ccc5cccc6ccc3c4c56)c1)c1ccc([nH]1)c(-c1cccc(-c3ccc4ccc5cccc6ccc3c4c56)c1)c1nc(c(-c3cccc(-c4ccc5ccc6cccc7ccc4c5c67)c3)c3ccc([nH]3)c2-c2cccc(-c3ccc4ccc5cccc6ccc3c4c56)c2)C=C1. The van der Waals surface area contributed by atoms with Gasteiger partial charge in [0.1, 0.15) is 0 Å². The minimum Gasteiger partial charge on any atom is -0.354 e. The summed E-state index contributed by atoms with van der Waals surface area (Å²) < 4.78 is 0. The molecule has 0 amide bonds. The van der Waals surface area contributed by atoms with Crippen molar-refractivity contribution in [2.75, 3.05) is 0 Å². The first-order valence-electron chi connectivity index (χ1n) is 38.7. The van der Waals surface area contributed by atoms with Crippen LogP contribution in [0.2, 0.25) is 0 Å². The number of fused-ring (bicyclic) bond motifs is 8. The van der Waals surface area contributed by atoms with Crippen molar-refractivity contribution in [1.29, 1.82) is 0 Å². The van der Waals surface area contributed by atoms with E-state index in [0.29, 0.717) is 0 Å². The standard InChI is InChI=1S/C108H62N4/c1-9-61-25-29-69-33-41-81(85-45-37-65(13-1)97(61)101(69)85)73-17-5-21-77(57-73)105-89-49-51-91(109-89)106(78-22-6-18-74(58-78)82-42-34-70-30-26-62-10-2-14-66-38-46-86(82)102(70)98(62)66)93-53-55-95(111-93)108(80-24-8-20-76(60-80)84-44-36-72-32-28-64-12-4-16-68-40-48-88(84)104(72)100(64)68)96-56-54-94(112-96)107(92-52-50-90(105)110-92)79-23-7-19-75(59-79)83-43-35-71-31-27-63-11-3-15-67-39-47-87(83)103(71)99(63)67/h1-60,109,112H. The van der Waals surface area contributed by atoms with Gasteiger partial charge in [-0.05, 0) is 269 Å². The molecule has 5 heterocycles. The van der Waals surface area contributed by atoms with Crippen LogP contribution in [0.25, 0.3) is 265 Å². The van der Waals surface area contributed by atoms with Gasteiger partial charge in [0.2, 0.25) is 0 Å². The Morgan fingerprint density at radius 3 is 0.580 bits per heavy atom. The Bertz CT molecular complexity index is 7240. The van der Waals surface area contributed by atoms with Gasteiger partial charge in [-0.15, -0.1) is 0 Å². The molecule has 2 aliphatic heterocycles. The van der Waals surface area contributed by atoms with E-state index in [1.807, 2.05) is 0 Å². The third-order valence-electron chi connectivity index (χ3n) is 24.7. The fourth-order valence-electron chi connectivity index (χ4n) is 19.7. The van der Waals surface area contributed by atoms with Crippen LogP contribution in [-0.4, -0.2) is 19.9 Å². The lowest BCUT2D eigenvalue weighted by Crippen LogP contribution is -1.91. The molecule has 0 spiro atoms. The molecule has 0 aliphatic carbocycles. The molecular formula is C108H62N4. The van der Waals surface area contributed by atoms with Crippen LogP contribution in [0.1, 0.15) is 22.8 Å². The number of hydrogen-bond acceptors (Lipinski definition) is 2. The van der Waals surface area contributed by atoms with Crippen LogP contribution >= 0.6 is 0 Å². The summed E-state index contributed by atoms with van der Waals surface area (Å²) in [7, 11) is 0.